The Kier molecular flexibility index (Phi) is 6.94. The molecule has 0 spiro atoms. The second-order valence-corrected chi connectivity index (χ2v) is 9.52. The second kappa shape index (κ2) is 9.40. The zero-order valence-corrected chi connectivity index (χ0v) is 19.9. The Bertz CT molecular complexity index is 999. The molecule has 0 aliphatic carbocycles. The summed E-state index contributed by atoms with van der Waals surface area (Å²) in [5, 5.41) is 2.16. The maximum Gasteiger partial charge on any atom is 0.315 e. The van der Waals surface area contributed by atoms with Crippen molar-refractivity contribution in [3.05, 3.63) is 23.4 Å². The molecule has 3 saturated heterocycles. The molecule has 34 heavy (non-hydrogen) atoms. The molecule has 3 rings (SSSR count). The number of nitrogens with one attached hydrogen (secondary N) is 1. The van der Waals surface area contributed by atoms with Gasteiger partial charge in [0.2, 0.25) is 17.7 Å². The van der Waals surface area contributed by atoms with E-state index in [0.29, 0.717) is 31.9 Å². The summed E-state index contributed by atoms with van der Waals surface area (Å²) in [6.07, 6.45) is -0.237. The molecular weight excluding hydrogens is 444 g/mol. The largest absolute Gasteiger partial charge is 0.460 e. The van der Waals surface area contributed by atoms with Crippen LogP contribution in [0.15, 0.2) is 23.4 Å². The third-order valence-electron chi connectivity index (χ3n) is 5.92. The number of allylic oxidation sites excluding steroid dienone is 1. The lowest BCUT2D eigenvalue weighted by Crippen LogP contribution is -2.54. The molecule has 3 heterocycles. The molecule has 1 N–H and O–H groups in total. The lowest BCUT2D eigenvalue weighted by molar-refractivity contribution is -0.158. The van der Waals surface area contributed by atoms with Gasteiger partial charge in [0.1, 0.15) is 18.1 Å². The molecule has 184 valence electrons. The molecular formula is C23H30N4O7. The maximum atomic E-state index is 13.1. The van der Waals surface area contributed by atoms with Crippen LogP contribution in [0.1, 0.15) is 47.0 Å². The first-order chi connectivity index (χ1) is 15.8. The predicted molar refractivity (Wildman–Crippen MR) is 118 cm³/mol. The van der Waals surface area contributed by atoms with Crippen molar-refractivity contribution in [3.63, 3.8) is 0 Å². The highest BCUT2D eigenvalue weighted by Gasteiger charge is 2.47. The summed E-state index contributed by atoms with van der Waals surface area (Å²) in [6, 6.07) is -1.05. The van der Waals surface area contributed by atoms with E-state index >= 15 is 0 Å². The van der Waals surface area contributed by atoms with E-state index in [0.717, 1.165) is 4.90 Å². The fourth-order valence-electron chi connectivity index (χ4n) is 4.24. The zero-order valence-electron chi connectivity index (χ0n) is 19.9. The predicted octanol–water partition coefficient (Wildman–Crippen LogP) is -0.133. The van der Waals surface area contributed by atoms with Crippen molar-refractivity contribution >= 4 is 35.5 Å². The van der Waals surface area contributed by atoms with Crippen LogP contribution in [0.2, 0.25) is 0 Å². The summed E-state index contributed by atoms with van der Waals surface area (Å²) in [7, 11) is 0. The van der Waals surface area contributed by atoms with E-state index in [2.05, 4.69) is 11.9 Å². The number of ether oxygens (including phenoxy) is 1. The summed E-state index contributed by atoms with van der Waals surface area (Å²) >= 11 is 0. The number of hydrogen-bond acceptors (Lipinski definition) is 8. The number of rotatable bonds is 4. The average molecular weight is 475 g/mol. The number of imide groups is 2. The van der Waals surface area contributed by atoms with Crippen molar-refractivity contribution in [2.45, 2.75) is 58.6 Å². The minimum Gasteiger partial charge on any atom is -0.460 e. The van der Waals surface area contributed by atoms with Crippen LogP contribution in [0.4, 0.5) is 0 Å². The molecule has 3 fully saturated rings. The Labute approximate surface area is 197 Å². The minimum atomic E-state index is -1.05. The molecule has 0 saturated carbocycles. The first-order valence-electron chi connectivity index (χ1n) is 11.2. The van der Waals surface area contributed by atoms with Crippen molar-refractivity contribution in [2.75, 3.05) is 26.2 Å². The van der Waals surface area contributed by atoms with Crippen molar-refractivity contribution in [1.82, 2.24) is 20.0 Å². The Morgan fingerprint density at radius 1 is 1.03 bits per heavy atom. The third kappa shape index (κ3) is 5.18. The van der Waals surface area contributed by atoms with Gasteiger partial charge >= 0.3 is 5.97 Å². The van der Waals surface area contributed by atoms with Crippen LogP contribution in [-0.4, -0.2) is 88.0 Å². The van der Waals surface area contributed by atoms with Gasteiger partial charge in [-0.15, -0.1) is 0 Å². The van der Waals surface area contributed by atoms with Crippen LogP contribution in [-0.2, 0) is 33.5 Å². The SMILES string of the molecule is C=C1C(=O)N(C2CCC(=O)NC2=O)C(=O)/C1=C(/C)N1CCN(C(=O)CC(=O)OC(C)(C)C)CC1. The number of esters is 1. The molecule has 0 radical (unpaired) electrons. The summed E-state index contributed by atoms with van der Waals surface area (Å²) in [6.45, 7) is 12.1. The van der Waals surface area contributed by atoms with Crippen LogP contribution in [0.5, 0.6) is 0 Å². The molecule has 11 nitrogen and oxygen atoms in total. The van der Waals surface area contributed by atoms with E-state index in [4.69, 9.17) is 4.74 Å². The summed E-state index contributed by atoms with van der Waals surface area (Å²) in [5.74, 6) is -3.31. The molecule has 1 atom stereocenters. The van der Waals surface area contributed by atoms with E-state index in [1.165, 1.54) is 0 Å². The van der Waals surface area contributed by atoms with Crippen molar-refractivity contribution in [3.8, 4) is 0 Å². The van der Waals surface area contributed by atoms with Gasteiger partial charge in [-0.05, 0) is 34.1 Å². The van der Waals surface area contributed by atoms with E-state index in [1.807, 2.05) is 4.90 Å². The molecule has 3 aliphatic heterocycles. The summed E-state index contributed by atoms with van der Waals surface area (Å²) < 4.78 is 5.20. The fraction of sp³-hybridized carbons (Fsp3) is 0.565. The van der Waals surface area contributed by atoms with Crippen LogP contribution >= 0.6 is 0 Å². The van der Waals surface area contributed by atoms with Gasteiger partial charge in [0.05, 0.1) is 5.57 Å². The van der Waals surface area contributed by atoms with Crippen LogP contribution in [0.25, 0.3) is 0 Å². The minimum absolute atomic E-state index is 0.00404. The number of piperidine rings is 1. The molecule has 0 aromatic heterocycles. The Balaban J connectivity index is 1.66. The topological polar surface area (TPSA) is 133 Å². The fourth-order valence-corrected chi connectivity index (χ4v) is 4.24. The highest BCUT2D eigenvalue weighted by atomic mass is 16.6. The van der Waals surface area contributed by atoms with E-state index < -0.39 is 41.2 Å². The molecule has 5 amide bonds. The zero-order chi connectivity index (χ0) is 25.4. The van der Waals surface area contributed by atoms with Gasteiger partial charge in [-0.2, -0.15) is 0 Å². The monoisotopic (exact) mass is 474 g/mol. The lowest BCUT2D eigenvalue weighted by Gasteiger charge is -2.37. The quantitative estimate of drug-likeness (QED) is 0.258. The van der Waals surface area contributed by atoms with Crippen molar-refractivity contribution < 1.29 is 33.5 Å². The third-order valence-corrected chi connectivity index (χ3v) is 5.92. The van der Waals surface area contributed by atoms with Crippen LogP contribution in [0, 0.1) is 0 Å². The van der Waals surface area contributed by atoms with Gasteiger partial charge in [-0.3, -0.25) is 39.0 Å². The number of piperazine rings is 1. The number of likely N-dealkylation sites (tertiary alicyclic amines) is 1. The number of hydrogen-bond donors (Lipinski definition) is 1. The second-order valence-electron chi connectivity index (χ2n) is 9.52. The first kappa shape index (κ1) is 25.1. The standard InChI is InChI=1S/C23H30N4O7/c1-13-19(22(33)27(21(13)32)15-6-7-16(28)24-20(15)31)14(2)25-8-10-26(11-9-25)17(29)12-18(30)34-23(3,4)5/h15H,1,6-12H2,2-5H3,(H,24,28,31)/b19-14-. The molecule has 0 bridgehead atoms. The maximum absolute atomic E-state index is 13.1. The summed E-state index contributed by atoms with van der Waals surface area (Å²) in [4.78, 5) is 78.3. The molecule has 1 unspecified atom stereocenters. The van der Waals surface area contributed by atoms with Crippen molar-refractivity contribution in [2.24, 2.45) is 0 Å². The van der Waals surface area contributed by atoms with Gasteiger partial charge in [-0.1, -0.05) is 6.58 Å². The van der Waals surface area contributed by atoms with Gasteiger partial charge < -0.3 is 14.5 Å². The first-order valence-corrected chi connectivity index (χ1v) is 11.2. The van der Waals surface area contributed by atoms with Crippen LogP contribution < -0.4 is 5.32 Å². The number of amides is 5. The Morgan fingerprint density at radius 2 is 1.62 bits per heavy atom. The van der Waals surface area contributed by atoms with Crippen molar-refractivity contribution in [1.29, 1.82) is 0 Å². The lowest BCUT2D eigenvalue weighted by atomic mass is 10.0. The smallest absolute Gasteiger partial charge is 0.315 e. The van der Waals surface area contributed by atoms with E-state index in [9.17, 15) is 28.8 Å². The van der Waals surface area contributed by atoms with E-state index in [1.54, 1.807) is 32.6 Å². The highest BCUT2D eigenvalue weighted by molar-refractivity contribution is 6.26. The number of nitrogens with zero attached hydrogens (tertiary/aromatic N) is 3. The number of carbonyl (C=O) groups excluding carboxylic acids is 6. The Morgan fingerprint density at radius 3 is 2.18 bits per heavy atom. The van der Waals surface area contributed by atoms with Crippen LogP contribution in [0.3, 0.4) is 0 Å². The molecule has 11 heteroatoms. The van der Waals surface area contributed by atoms with Gasteiger partial charge in [-0.25, -0.2) is 0 Å². The Hall–Kier alpha value is -3.50. The van der Waals surface area contributed by atoms with Gasteiger partial charge in [0, 0.05) is 43.9 Å². The van der Waals surface area contributed by atoms with Gasteiger partial charge in [0.25, 0.3) is 11.8 Å². The molecule has 3 aliphatic rings. The molecule has 0 aromatic rings. The average Bonchev–Trinajstić information content (AvgIpc) is 2.95. The van der Waals surface area contributed by atoms with Gasteiger partial charge in [0.15, 0.2) is 0 Å². The number of carbonyl (C=O) groups is 6. The summed E-state index contributed by atoms with van der Waals surface area (Å²) in [5.41, 5.74) is -0.0226. The molecule has 0 aromatic carbocycles. The highest BCUT2D eigenvalue weighted by Crippen LogP contribution is 2.31. The normalized spacial score (nSPS) is 23.4. The van der Waals surface area contributed by atoms with E-state index in [-0.39, 0.29) is 36.3 Å².